The van der Waals surface area contributed by atoms with Crippen LogP contribution in [0.15, 0.2) is 0 Å². The number of hydrogen-bond acceptors (Lipinski definition) is 0. The second kappa shape index (κ2) is 3.50. The average Bonchev–Trinajstić information content (AvgIpc) is 2.69. The SMILES string of the molecule is C[N-][C@]12CC[C@H](C)[C@@H]1C1C(CC[C@@H]2C)C1(C)C. The summed E-state index contributed by atoms with van der Waals surface area (Å²) in [5, 5.41) is 4.98. The van der Waals surface area contributed by atoms with Crippen LogP contribution in [0.1, 0.15) is 53.4 Å². The summed E-state index contributed by atoms with van der Waals surface area (Å²) in [7, 11) is 2.09. The van der Waals surface area contributed by atoms with Crippen LogP contribution >= 0.6 is 0 Å². The Morgan fingerprint density at radius 1 is 1.00 bits per heavy atom. The molecule has 0 spiro atoms. The van der Waals surface area contributed by atoms with Crippen LogP contribution < -0.4 is 0 Å². The summed E-state index contributed by atoms with van der Waals surface area (Å²) >= 11 is 0. The Morgan fingerprint density at radius 3 is 2.35 bits per heavy atom. The van der Waals surface area contributed by atoms with E-state index in [1.54, 1.807) is 0 Å². The molecule has 1 heteroatoms. The van der Waals surface area contributed by atoms with E-state index in [0.717, 1.165) is 29.6 Å². The van der Waals surface area contributed by atoms with Gasteiger partial charge in [-0.25, -0.2) is 0 Å². The summed E-state index contributed by atoms with van der Waals surface area (Å²) in [6.07, 6.45) is 5.63. The molecule has 0 saturated heterocycles. The van der Waals surface area contributed by atoms with E-state index in [1.165, 1.54) is 25.7 Å². The predicted molar refractivity (Wildman–Crippen MR) is 73.1 cm³/mol. The number of hydrogen-bond donors (Lipinski definition) is 0. The van der Waals surface area contributed by atoms with Gasteiger partial charge in [0.05, 0.1) is 0 Å². The molecule has 0 radical (unpaired) electrons. The molecule has 6 atom stereocenters. The Morgan fingerprint density at radius 2 is 1.71 bits per heavy atom. The first-order valence-corrected chi connectivity index (χ1v) is 7.56. The van der Waals surface area contributed by atoms with E-state index in [0.29, 0.717) is 11.0 Å². The summed E-state index contributed by atoms with van der Waals surface area (Å²) in [5.41, 5.74) is 0.950. The molecule has 2 unspecified atom stereocenters. The van der Waals surface area contributed by atoms with Gasteiger partial charge in [0.25, 0.3) is 0 Å². The molecular formula is C16H28N-. The molecule has 0 N–H and O–H groups in total. The van der Waals surface area contributed by atoms with Crippen LogP contribution in [0, 0.1) is 35.0 Å². The monoisotopic (exact) mass is 234 g/mol. The summed E-state index contributed by atoms with van der Waals surface area (Å²) in [5.74, 6) is 4.55. The molecule has 3 aliphatic carbocycles. The highest BCUT2D eigenvalue weighted by Crippen LogP contribution is 2.72. The molecule has 3 aliphatic rings. The Hall–Kier alpha value is -0.0400. The van der Waals surface area contributed by atoms with Gasteiger partial charge < -0.3 is 5.32 Å². The topological polar surface area (TPSA) is 14.1 Å². The molecule has 0 aromatic heterocycles. The molecule has 3 rings (SSSR count). The van der Waals surface area contributed by atoms with Crippen LogP contribution in [0.25, 0.3) is 5.32 Å². The zero-order chi connectivity index (χ0) is 12.4. The predicted octanol–water partition coefficient (Wildman–Crippen LogP) is 4.48. The fourth-order valence-corrected chi connectivity index (χ4v) is 5.75. The average molecular weight is 234 g/mol. The van der Waals surface area contributed by atoms with E-state index in [4.69, 9.17) is 5.32 Å². The number of rotatable bonds is 1. The first-order valence-electron chi connectivity index (χ1n) is 7.56. The Balaban J connectivity index is 2.00. The fraction of sp³-hybridized carbons (Fsp3) is 1.00. The van der Waals surface area contributed by atoms with E-state index < -0.39 is 0 Å². The third kappa shape index (κ3) is 1.35. The standard InChI is InChI=1S/C16H28N/c1-10-8-9-16(17-5)11(2)6-7-12-14(13(10)16)15(12,3)4/h10-14H,6-9H2,1-5H3/q-1/t10-,11-,12?,13+,14?,16-/m0/s1. The van der Waals surface area contributed by atoms with Gasteiger partial charge in [-0.3, -0.25) is 0 Å². The number of fused-ring (bicyclic) bond motifs is 3. The third-order valence-electron chi connectivity index (χ3n) is 6.90. The van der Waals surface area contributed by atoms with Crippen LogP contribution in [0.4, 0.5) is 0 Å². The quantitative estimate of drug-likeness (QED) is 0.635. The van der Waals surface area contributed by atoms with Crippen molar-refractivity contribution < 1.29 is 0 Å². The maximum atomic E-state index is 4.98. The van der Waals surface area contributed by atoms with E-state index in [2.05, 4.69) is 34.7 Å². The van der Waals surface area contributed by atoms with Crippen molar-refractivity contribution in [1.29, 1.82) is 0 Å². The molecule has 0 heterocycles. The van der Waals surface area contributed by atoms with Gasteiger partial charge in [0, 0.05) is 0 Å². The zero-order valence-electron chi connectivity index (χ0n) is 12.2. The van der Waals surface area contributed by atoms with Crippen molar-refractivity contribution in [2.45, 2.75) is 58.9 Å². The van der Waals surface area contributed by atoms with E-state index in [9.17, 15) is 0 Å². The van der Waals surface area contributed by atoms with Crippen LogP contribution in [-0.2, 0) is 0 Å². The maximum Gasteiger partial charge on any atom is -0.0289 e. The molecule has 1 nitrogen and oxygen atoms in total. The largest absolute Gasteiger partial charge is 0.659 e. The smallest absolute Gasteiger partial charge is 0.0289 e. The van der Waals surface area contributed by atoms with Crippen molar-refractivity contribution in [2.75, 3.05) is 7.05 Å². The molecule has 0 bridgehead atoms. The Labute approximate surface area is 107 Å². The molecule has 0 aliphatic heterocycles. The normalized spacial score (nSPS) is 55.9. The fourth-order valence-electron chi connectivity index (χ4n) is 5.75. The van der Waals surface area contributed by atoms with Crippen molar-refractivity contribution in [2.24, 2.45) is 35.0 Å². The zero-order valence-corrected chi connectivity index (χ0v) is 12.2. The summed E-state index contributed by atoms with van der Waals surface area (Å²) in [4.78, 5) is 0. The second-order valence-corrected chi connectivity index (χ2v) is 7.69. The molecular weight excluding hydrogens is 206 g/mol. The van der Waals surface area contributed by atoms with Gasteiger partial charge in [-0.05, 0) is 35.5 Å². The van der Waals surface area contributed by atoms with Crippen molar-refractivity contribution in [3.63, 3.8) is 0 Å². The van der Waals surface area contributed by atoms with Crippen molar-refractivity contribution in [3.8, 4) is 0 Å². The van der Waals surface area contributed by atoms with Gasteiger partial charge in [0.1, 0.15) is 0 Å². The molecule has 17 heavy (non-hydrogen) atoms. The molecule has 3 fully saturated rings. The Bertz CT molecular complexity index is 321. The molecule has 3 saturated carbocycles. The van der Waals surface area contributed by atoms with Crippen molar-refractivity contribution >= 4 is 0 Å². The lowest BCUT2D eigenvalue weighted by molar-refractivity contribution is 0.189. The van der Waals surface area contributed by atoms with E-state index in [-0.39, 0.29) is 0 Å². The second-order valence-electron chi connectivity index (χ2n) is 7.69. The lowest BCUT2D eigenvalue weighted by atomic mass is 9.71. The maximum absolute atomic E-state index is 4.98. The van der Waals surface area contributed by atoms with Crippen LogP contribution in [-0.4, -0.2) is 12.6 Å². The van der Waals surface area contributed by atoms with E-state index >= 15 is 0 Å². The van der Waals surface area contributed by atoms with Gasteiger partial charge in [0.15, 0.2) is 0 Å². The van der Waals surface area contributed by atoms with Crippen LogP contribution in [0.2, 0.25) is 0 Å². The highest BCUT2D eigenvalue weighted by molar-refractivity contribution is 5.25. The van der Waals surface area contributed by atoms with E-state index in [1.807, 2.05) is 0 Å². The van der Waals surface area contributed by atoms with Gasteiger partial charge in [0.2, 0.25) is 0 Å². The lowest BCUT2D eigenvalue weighted by Gasteiger charge is -2.53. The molecule has 98 valence electrons. The summed E-state index contributed by atoms with van der Waals surface area (Å²) in [6.45, 7) is 9.96. The van der Waals surface area contributed by atoms with Gasteiger partial charge >= 0.3 is 0 Å². The van der Waals surface area contributed by atoms with Gasteiger partial charge in [-0.15, -0.1) is 5.54 Å². The minimum atomic E-state index is 0.340. The summed E-state index contributed by atoms with van der Waals surface area (Å²) in [6, 6.07) is 0. The number of nitrogens with zero attached hydrogens (tertiary/aromatic N) is 1. The highest BCUT2D eigenvalue weighted by Gasteiger charge is 2.66. The molecule has 0 aromatic rings. The Kier molecular flexibility index (Phi) is 2.47. The first kappa shape index (κ1) is 12.0. The minimum absolute atomic E-state index is 0.340. The van der Waals surface area contributed by atoms with Gasteiger partial charge in [-0.2, -0.15) is 7.05 Å². The lowest BCUT2D eigenvalue weighted by Crippen LogP contribution is -2.41. The van der Waals surface area contributed by atoms with Crippen LogP contribution in [0.3, 0.4) is 0 Å². The minimum Gasteiger partial charge on any atom is -0.659 e. The van der Waals surface area contributed by atoms with Gasteiger partial charge in [-0.1, -0.05) is 52.9 Å². The highest BCUT2D eigenvalue weighted by atomic mass is 15.0. The van der Waals surface area contributed by atoms with Crippen molar-refractivity contribution in [3.05, 3.63) is 5.32 Å². The third-order valence-corrected chi connectivity index (χ3v) is 6.90. The molecule has 0 aromatic carbocycles. The molecule has 0 amide bonds. The first-order chi connectivity index (χ1) is 7.95. The van der Waals surface area contributed by atoms with Crippen molar-refractivity contribution in [1.82, 2.24) is 0 Å². The summed E-state index contributed by atoms with van der Waals surface area (Å²) < 4.78 is 0. The van der Waals surface area contributed by atoms with Crippen LogP contribution in [0.5, 0.6) is 0 Å².